The number of hydrogen-bond donors (Lipinski definition) is 1. The van der Waals surface area contributed by atoms with Crippen molar-refractivity contribution in [2.45, 2.75) is 25.7 Å². The van der Waals surface area contributed by atoms with Crippen molar-refractivity contribution in [3.8, 4) is 11.5 Å². The molecule has 0 fully saturated rings. The Bertz CT molecular complexity index is 781. The van der Waals surface area contributed by atoms with E-state index in [1.165, 1.54) is 16.7 Å². The molecule has 0 spiro atoms. The van der Waals surface area contributed by atoms with Crippen LogP contribution in [0.15, 0.2) is 78.9 Å². The third-order valence-corrected chi connectivity index (χ3v) is 4.51. The summed E-state index contributed by atoms with van der Waals surface area (Å²) in [4.78, 5) is 0. The Hall–Kier alpha value is -2.58. The van der Waals surface area contributed by atoms with Gasteiger partial charge in [0, 0.05) is 5.92 Å². The van der Waals surface area contributed by atoms with Crippen molar-refractivity contribution in [3.63, 3.8) is 0 Å². The highest BCUT2D eigenvalue weighted by Crippen LogP contribution is 2.27. The summed E-state index contributed by atoms with van der Waals surface area (Å²) in [6.45, 7) is 2.79. The fraction of sp³-hybridized carbons (Fsp3) is 0.217. The van der Waals surface area contributed by atoms with Gasteiger partial charge in [-0.05, 0) is 60.3 Å². The zero-order valence-corrected chi connectivity index (χ0v) is 14.7. The summed E-state index contributed by atoms with van der Waals surface area (Å²) in [5.74, 6) is 1.98. The molecule has 1 atom stereocenters. The third kappa shape index (κ3) is 4.71. The van der Waals surface area contributed by atoms with Gasteiger partial charge >= 0.3 is 0 Å². The van der Waals surface area contributed by atoms with Gasteiger partial charge in [0.2, 0.25) is 0 Å². The molecular weight excluding hydrogens is 306 g/mol. The third-order valence-electron chi connectivity index (χ3n) is 4.51. The van der Waals surface area contributed by atoms with Gasteiger partial charge in [0.15, 0.2) is 0 Å². The molecule has 0 heterocycles. The Kier molecular flexibility index (Phi) is 5.86. The summed E-state index contributed by atoms with van der Waals surface area (Å²) >= 11 is 0. The van der Waals surface area contributed by atoms with Gasteiger partial charge in [-0.1, -0.05) is 61.5 Å². The molecule has 2 nitrogen and oxygen atoms in total. The quantitative estimate of drug-likeness (QED) is 0.635. The topological polar surface area (TPSA) is 35.2 Å². The summed E-state index contributed by atoms with van der Waals surface area (Å²) in [6.07, 6.45) is 2.01. The van der Waals surface area contributed by atoms with E-state index in [0.29, 0.717) is 6.54 Å². The lowest BCUT2D eigenvalue weighted by atomic mass is 9.91. The van der Waals surface area contributed by atoms with E-state index in [4.69, 9.17) is 10.5 Å². The smallest absolute Gasteiger partial charge is 0.127 e. The fourth-order valence-corrected chi connectivity index (χ4v) is 2.99. The van der Waals surface area contributed by atoms with Crippen LogP contribution in [0.5, 0.6) is 11.5 Å². The Morgan fingerprint density at radius 3 is 2.16 bits per heavy atom. The first-order valence-corrected chi connectivity index (χ1v) is 8.89. The predicted octanol–water partition coefficient (Wildman–Crippen LogP) is 5.33. The summed E-state index contributed by atoms with van der Waals surface area (Å²) in [5, 5.41) is 0. The van der Waals surface area contributed by atoms with Crippen molar-refractivity contribution in [3.05, 3.63) is 95.6 Å². The lowest BCUT2D eigenvalue weighted by Crippen LogP contribution is -2.15. The molecule has 0 aliphatic heterocycles. The average Bonchev–Trinajstić information content (AvgIpc) is 2.67. The second-order valence-corrected chi connectivity index (χ2v) is 6.29. The molecule has 0 saturated heterocycles. The van der Waals surface area contributed by atoms with Crippen molar-refractivity contribution in [1.29, 1.82) is 0 Å². The van der Waals surface area contributed by atoms with Crippen molar-refractivity contribution >= 4 is 0 Å². The molecule has 0 radical (unpaired) electrons. The van der Waals surface area contributed by atoms with Gasteiger partial charge in [0.05, 0.1) is 0 Å². The largest absolute Gasteiger partial charge is 0.457 e. The van der Waals surface area contributed by atoms with Crippen LogP contribution in [0.4, 0.5) is 0 Å². The van der Waals surface area contributed by atoms with E-state index in [-0.39, 0.29) is 5.92 Å². The number of ether oxygens (including phenoxy) is 1. The first-order chi connectivity index (χ1) is 12.3. The highest BCUT2D eigenvalue weighted by molar-refractivity contribution is 5.36. The number of aryl methyl sites for hydroxylation is 1. The Morgan fingerprint density at radius 2 is 1.48 bits per heavy atom. The molecule has 0 bridgehead atoms. The van der Waals surface area contributed by atoms with Crippen LogP contribution in [0.2, 0.25) is 0 Å². The van der Waals surface area contributed by atoms with Crippen molar-refractivity contribution in [2.75, 3.05) is 6.54 Å². The maximum atomic E-state index is 6.07. The highest BCUT2D eigenvalue weighted by atomic mass is 16.5. The van der Waals surface area contributed by atoms with Crippen LogP contribution in [0, 0.1) is 0 Å². The molecule has 2 N–H and O–H groups in total. The van der Waals surface area contributed by atoms with E-state index in [9.17, 15) is 0 Å². The van der Waals surface area contributed by atoms with Gasteiger partial charge in [-0.25, -0.2) is 0 Å². The van der Waals surface area contributed by atoms with Gasteiger partial charge in [0.1, 0.15) is 11.5 Å². The van der Waals surface area contributed by atoms with Crippen molar-refractivity contribution in [1.82, 2.24) is 0 Å². The number of nitrogens with two attached hydrogens (primary N) is 1. The zero-order valence-electron chi connectivity index (χ0n) is 14.7. The van der Waals surface area contributed by atoms with E-state index in [1.807, 2.05) is 42.5 Å². The van der Waals surface area contributed by atoms with Gasteiger partial charge in [-0.15, -0.1) is 0 Å². The summed E-state index contributed by atoms with van der Waals surface area (Å²) < 4.78 is 5.95. The van der Waals surface area contributed by atoms with Gasteiger partial charge < -0.3 is 10.5 Å². The van der Waals surface area contributed by atoms with Gasteiger partial charge in [-0.3, -0.25) is 0 Å². The molecule has 2 heteroatoms. The molecule has 0 saturated carbocycles. The van der Waals surface area contributed by atoms with E-state index < -0.39 is 0 Å². The highest BCUT2D eigenvalue weighted by Gasteiger charge is 2.12. The molecule has 0 aromatic heterocycles. The van der Waals surface area contributed by atoms with Crippen LogP contribution in [-0.4, -0.2) is 6.54 Å². The van der Waals surface area contributed by atoms with Gasteiger partial charge in [0.25, 0.3) is 0 Å². The molecule has 3 aromatic carbocycles. The van der Waals surface area contributed by atoms with E-state index in [0.717, 1.165) is 24.3 Å². The number of rotatable bonds is 7. The number of para-hydroxylation sites is 1. The number of hydrogen-bond acceptors (Lipinski definition) is 2. The predicted molar refractivity (Wildman–Crippen MR) is 104 cm³/mol. The van der Waals surface area contributed by atoms with Crippen LogP contribution >= 0.6 is 0 Å². The number of benzene rings is 3. The first kappa shape index (κ1) is 17.2. The average molecular weight is 331 g/mol. The van der Waals surface area contributed by atoms with Crippen LogP contribution in [0.3, 0.4) is 0 Å². The van der Waals surface area contributed by atoms with Crippen molar-refractivity contribution in [2.24, 2.45) is 5.73 Å². The maximum absolute atomic E-state index is 6.07. The lowest BCUT2D eigenvalue weighted by molar-refractivity contribution is 0.481. The minimum Gasteiger partial charge on any atom is -0.457 e. The van der Waals surface area contributed by atoms with Gasteiger partial charge in [-0.2, -0.15) is 0 Å². The SMILES string of the molecule is CCc1ccc(CC(CN)c2cccc(Oc3ccccc3)c2)cc1. The monoisotopic (exact) mass is 331 g/mol. The molecular formula is C23H25NO. The molecule has 128 valence electrons. The second kappa shape index (κ2) is 8.50. The second-order valence-electron chi connectivity index (χ2n) is 6.29. The Labute approximate surface area is 150 Å². The molecule has 0 amide bonds. The molecule has 3 aromatic rings. The van der Waals surface area contributed by atoms with Crippen LogP contribution in [0.25, 0.3) is 0 Å². The fourth-order valence-electron chi connectivity index (χ4n) is 2.99. The van der Waals surface area contributed by atoms with Crippen LogP contribution in [0.1, 0.15) is 29.5 Å². The normalized spacial score (nSPS) is 11.9. The Morgan fingerprint density at radius 1 is 0.800 bits per heavy atom. The zero-order chi connectivity index (χ0) is 17.5. The molecule has 3 rings (SSSR count). The lowest BCUT2D eigenvalue weighted by Gasteiger charge is -2.17. The summed E-state index contributed by atoms with van der Waals surface area (Å²) in [5.41, 5.74) is 9.98. The molecule has 0 aliphatic carbocycles. The van der Waals surface area contributed by atoms with E-state index in [2.05, 4.69) is 43.3 Å². The molecule has 25 heavy (non-hydrogen) atoms. The summed E-state index contributed by atoms with van der Waals surface area (Å²) in [6, 6.07) is 27.0. The van der Waals surface area contributed by atoms with Crippen LogP contribution < -0.4 is 10.5 Å². The van der Waals surface area contributed by atoms with E-state index >= 15 is 0 Å². The minimum absolute atomic E-state index is 0.284. The van der Waals surface area contributed by atoms with Crippen molar-refractivity contribution < 1.29 is 4.74 Å². The minimum atomic E-state index is 0.284. The van der Waals surface area contributed by atoms with Crippen LogP contribution in [-0.2, 0) is 12.8 Å². The molecule has 1 unspecified atom stereocenters. The Balaban J connectivity index is 1.74. The molecule has 0 aliphatic rings. The standard InChI is InChI=1S/C23H25NO/c1-2-18-11-13-19(14-12-18)15-21(17-24)20-7-6-10-23(16-20)25-22-8-4-3-5-9-22/h3-14,16,21H,2,15,17,24H2,1H3. The van der Waals surface area contributed by atoms with E-state index in [1.54, 1.807) is 0 Å². The first-order valence-electron chi connectivity index (χ1n) is 8.89. The summed E-state index contributed by atoms with van der Waals surface area (Å²) in [7, 11) is 0. The maximum Gasteiger partial charge on any atom is 0.127 e.